The Bertz CT molecular complexity index is 862. The predicted octanol–water partition coefficient (Wildman–Crippen LogP) is 4.06. The highest BCUT2D eigenvalue weighted by atomic mass is 16.5. The number of ether oxygens (including phenoxy) is 2. The number of benzene rings is 2. The Kier molecular flexibility index (Phi) is 7.21. The molecule has 0 aliphatic carbocycles. The lowest BCUT2D eigenvalue weighted by molar-refractivity contribution is -0.118. The fourth-order valence-electron chi connectivity index (χ4n) is 3.56. The van der Waals surface area contributed by atoms with Crippen molar-refractivity contribution in [2.24, 2.45) is 0 Å². The molecule has 2 aromatic carbocycles. The Labute approximate surface area is 178 Å². The second-order valence-corrected chi connectivity index (χ2v) is 8.37. The molecule has 3 rings (SSSR count). The van der Waals surface area contributed by atoms with Gasteiger partial charge in [0.2, 0.25) is 0 Å². The molecule has 6 heteroatoms. The summed E-state index contributed by atoms with van der Waals surface area (Å²) < 4.78 is 11.3. The van der Waals surface area contributed by atoms with E-state index in [9.17, 15) is 9.90 Å². The van der Waals surface area contributed by atoms with E-state index in [4.69, 9.17) is 9.47 Å². The van der Waals surface area contributed by atoms with E-state index in [1.165, 1.54) is 5.56 Å². The number of carbonyl (C=O) groups is 1. The molecule has 0 aromatic heterocycles. The number of aromatic hydroxyl groups is 1. The summed E-state index contributed by atoms with van der Waals surface area (Å²) >= 11 is 0. The van der Waals surface area contributed by atoms with Gasteiger partial charge in [0.15, 0.2) is 12.4 Å². The molecule has 0 saturated heterocycles. The molecule has 0 bridgehead atoms. The number of phenolic OH excluding ortho intramolecular Hbond substituents is 1. The number of fused-ring (bicyclic) bond motifs is 1. The van der Waals surface area contributed by atoms with E-state index in [-0.39, 0.29) is 23.8 Å². The summed E-state index contributed by atoms with van der Waals surface area (Å²) in [5.74, 6) is 1.25. The predicted molar refractivity (Wildman–Crippen MR) is 119 cm³/mol. The van der Waals surface area contributed by atoms with Crippen LogP contribution in [-0.2, 0) is 17.6 Å². The molecule has 0 spiro atoms. The highest BCUT2D eigenvalue weighted by molar-refractivity contribution is 5.97. The largest absolute Gasteiger partial charge is 0.506 e. The molecular weight excluding hydrogens is 380 g/mol. The third-order valence-corrected chi connectivity index (χ3v) is 5.16. The maximum absolute atomic E-state index is 11.5. The van der Waals surface area contributed by atoms with Crippen LogP contribution >= 0.6 is 0 Å². The smallest absolute Gasteiger partial charge is 0.262 e. The van der Waals surface area contributed by atoms with E-state index in [1.807, 2.05) is 18.2 Å². The summed E-state index contributed by atoms with van der Waals surface area (Å²) in [6.07, 6.45) is 3.82. The minimum Gasteiger partial charge on any atom is -0.506 e. The van der Waals surface area contributed by atoms with Crippen molar-refractivity contribution in [3.63, 3.8) is 0 Å². The van der Waals surface area contributed by atoms with Crippen molar-refractivity contribution in [3.8, 4) is 17.2 Å². The molecule has 0 fully saturated rings. The van der Waals surface area contributed by atoms with Crippen LogP contribution in [0.1, 0.15) is 44.7 Å². The van der Waals surface area contributed by atoms with Crippen LogP contribution in [-0.4, -0.2) is 36.3 Å². The van der Waals surface area contributed by atoms with Gasteiger partial charge < -0.3 is 25.2 Å². The van der Waals surface area contributed by atoms with Gasteiger partial charge in [0.25, 0.3) is 5.91 Å². The minimum atomic E-state index is -0.254. The van der Waals surface area contributed by atoms with Gasteiger partial charge in [-0.15, -0.1) is 0 Å². The molecule has 0 atom stereocenters. The maximum Gasteiger partial charge on any atom is 0.262 e. The summed E-state index contributed by atoms with van der Waals surface area (Å²) in [5.41, 5.74) is 2.49. The van der Waals surface area contributed by atoms with Gasteiger partial charge in [-0.25, -0.2) is 0 Å². The van der Waals surface area contributed by atoms with Crippen LogP contribution in [0.5, 0.6) is 17.2 Å². The van der Waals surface area contributed by atoms with Gasteiger partial charge in [0.1, 0.15) is 17.2 Å². The van der Waals surface area contributed by atoms with Crippen LogP contribution < -0.4 is 20.1 Å². The molecule has 0 radical (unpaired) electrons. The zero-order valence-corrected chi connectivity index (χ0v) is 18.1. The summed E-state index contributed by atoms with van der Waals surface area (Å²) in [6, 6.07) is 11.8. The molecule has 0 unspecified atom stereocenters. The second kappa shape index (κ2) is 9.85. The minimum absolute atomic E-state index is 0.0252. The Morgan fingerprint density at radius 3 is 2.70 bits per heavy atom. The topological polar surface area (TPSA) is 79.8 Å². The van der Waals surface area contributed by atoms with E-state index < -0.39 is 0 Å². The SMILES string of the molecule is CCCCOc1ccc(CC(C)(C)NCCc2ccc(O)c3c2OCC(=O)N3)cc1. The highest BCUT2D eigenvalue weighted by Crippen LogP contribution is 2.39. The van der Waals surface area contributed by atoms with Crippen LogP contribution in [0.25, 0.3) is 0 Å². The van der Waals surface area contributed by atoms with Gasteiger partial charge in [-0.1, -0.05) is 31.5 Å². The van der Waals surface area contributed by atoms with Gasteiger partial charge in [0.05, 0.1) is 6.61 Å². The van der Waals surface area contributed by atoms with Crippen molar-refractivity contribution in [2.75, 3.05) is 25.1 Å². The lowest BCUT2D eigenvalue weighted by atomic mass is 9.94. The zero-order chi connectivity index (χ0) is 21.6. The van der Waals surface area contributed by atoms with Crippen molar-refractivity contribution < 1.29 is 19.4 Å². The average Bonchev–Trinajstić information content (AvgIpc) is 2.71. The Hall–Kier alpha value is -2.73. The van der Waals surface area contributed by atoms with E-state index in [1.54, 1.807) is 6.07 Å². The number of hydrogen-bond donors (Lipinski definition) is 3. The van der Waals surface area contributed by atoms with Crippen molar-refractivity contribution in [3.05, 3.63) is 47.5 Å². The molecule has 162 valence electrons. The molecule has 3 N–H and O–H groups in total. The molecule has 1 heterocycles. The number of phenols is 1. The summed E-state index contributed by atoms with van der Waals surface area (Å²) in [7, 11) is 0. The van der Waals surface area contributed by atoms with Gasteiger partial charge in [-0.3, -0.25) is 4.79 Å². The molecular formula is C24H32N2O4. The first-order chi connectivity index (χ1) is 14.4. The number of hydrogen-bond acceptors (Lipinski definition) is 5. The fourth-order valence-corrected chi connectivity index (χ4v) is 3.56. The van der Waals surface area contributed by atoms with E-state index in [0.717, 1.165) is 50.1 Å². The Balaban J connectivity index is 1.53. The number of amides is 1. The first-order valence-corrected chi connectivity index (χ1v) is 10.6. The Morgan fingerprint density at radius 2 is 1.97 bits per heavy atom. The van der Waals surface area contributed by atoms with Crippen LogP contribution in [0.2, 0.25) is 0 Å². The molecule has 0 saturated carbocycles. The fraction of sp³-hybridized carbons (Fsp3) is 0.458. The summed E-state index contributed by atoms with van der Waals surface area (Å²) in [5, 5.41) is 16.3. The maximum atomic E-state index is 11.5. The van der Waals surface area contributed by atoms with E-state index in [2.05, 4.69) is 43.5 Å². The van der Waals surface area contributed by atoms with Gasteiger partial charge in [-0.05, 0) is 69.0 Å². The van der Waals surface area contributed by atoms with Crippen molar-refractivity contribution in [2.45, 2.75) is 52.0 Å². The monoisotopic (exact) mass is 412 g/mol. The molecule has 2 aromatic rings. The van der Waals surface area contributed by atoms with Gasteiger partial charge >= 0.3 is 0 Å². The van der Waals surface area contributed by atoms with E-state index in [0.29, 0.717) is 11.4 Å². The number of carbonyl (C=O) groups excluding carboxylic acids is 1. The van der Waals surface area contributed by atoms with E-state index >= 15 is 0 Å². The number of unbranched alkanes of at least 4 members (excludes halogenated alkanes) is 1. The standard InChI is InChI=1S/C24H32N2O4/c1-4-5-14-29-19-9-6-17(7-10-19)15-24(2,3)25-13-12-18-8-11-20(27)22-23(18)30-16-21(28)26-22/h6-11,25,27H,4-5,12-16H2,1-3H3,(H,26,28). The Morgan fingerprint density at radius 1 is 1.20 bits per heavy atom. The first kappa shape index (κ1) is 22.0. The van der Waals surface area contributed by atoms with Crippen molar-refractivity contribution in [1.29, 1.82) is 0 Å². The average molecular weight is 413 g/mol. The van der Waals surface area contributed by atoms with Crippen molar-refractivity contribution >= 4 is 11.6 Å². The van der Waals surface area contributed by atoms with Gasteiger partial charge in [-0.2, -0.15) is 0 Å². The summed E-state index contributed by atoms with van der Waals surface area (Å²) in [4.78, 5) is 11.5. The lowest BCUT2D eigenvalue weighted by Crippen LogP contribution is -2.42. The number of anilines is 1. The third kappa shape index (κ3) is 5.89. The van der Waals surface area contributed by atoms with Crippen molar-refractivity contribution in [1.82, 2.24) is 5.32 Å². The zero-order valence-electron chi connectivity index (χ0n) is 18.1. The number of rotatable bonds is 10. The first-order valence-electron chi connectivity index (χ1n) is 10.6. The number of nitrogens with one attached hydrogen (secondary N) is 2. The third-order valence-electron chi connectivity index (χ3n) is 5.16. The lowest BCUT2D eigenvalue weighted by Gasteiger charge is -2.27. The molecule has 1 amide bonds. The van der Waals surface area contributed by atoms with Crippen LogP contribution in [0, 0.1) is 0 Å². The normalized spacial score (nSPS) is 13.4. The molecule has 6 nitrogen and oxygen atoms in total. The van der Waals surface area contributed by atoms with Gasteiger partial charge in [0, 0.05) is 5.54 Å². The van der Waals surface area contributed by atoms with Crippen LogP contribution in [0.15, 0.2) is 36.4 Å². The highest BCUT2D eigenvalue weighted by Gasteiger charge is 2.23. The molecule has 30 heavy (non-hydrogen) atoms. The second-order valence-electron chi connectivity index (χ2n) is 8.37. The molecule has 1 aliphatic heterocycles. The van der Waals surface area contributed by atoms with Crippen LogP contribution in [0.3, 0.4) is 0 Å². The molecule has 1 aliphatic rings. The van der Waals surface area contributed by atoms with Crippen LogP contribution in [0.4, 0.5) is 5.69 Å². The summed E-state index contributed by atoms with van der Waals surface area (Å²) in [6.45, 7) is 8.00. The quantitative estimate of drug-likeness (QED) is 0.405.